The third-order valence-corrected chi connectivity index (χ3v) is 5.83. The fraction of sp³-hybridized carbons (Fsp3) is 0.650. The van der Waals surface area contributed by atoms with Gasteiger partial charge in [-0.2, -0.15) is 5.10 Å². The summed E-state index contributed by atoms with van der Waals surface area (Å²) < 4.78 is 12.8. The fourth-order valence-corrected chi connectivity index (χ4v) is 4.39. The van der Waals surface area contributed by atoms with E-state index in [0.29, 0.717) is 25.4 Å². The van der Waals surface area contributed by atoms with Crippen LogP contribution in [0.15, 0.2) is 10.6 Å². The second-order valence-corrected chi connectivity index (χ2v) is 7.76. The summed E-state index contributed by atoms with van der Waals surface area (Å²) in [6, 6.07) is 1.81. The van der Waals surface area contributed by atoms with Crippen LogP contribution >= 0.6 is 0 Å². The molecule has 0 aliphatic carbocycles. The van der Waals surface area contributed by atoms with Gasteiger partial charge >= 0.3 is 0 Å². The van der Waals surface area contributed by atoms with Crippen LogP contribution in [0, 0.1) is 0 Å². The van der Waals surface area contributed by atoms with Gasteiger partial charge in [0, 0.05) is 43.6 Å². The molecule has 1 N–H and O–H groups in total. The maximum Gasteiger partial charge on any atom is 0.272 e. The van der Waals surface area contributed by atoms with Crippen molar-refractivity contribution in [1.82, 2.24) is 19.8 Å². The lowest BCUT2D eigenvalue weighted by molar-refractivity contribution is -0.00717. The normalized spacial score (nSPS) is 23.1. The molecule has 152 valence electrons. The zero-order chi connectivity index (χ0) is 19.8. The number of ether oxygens (including phenoxy) is 1. The quantitative estimate of drug-likeness (QED) is 0.865. The average molecular weight is 388 g/mol. The Morgan fingerprint density at radius 2 is 2.07 bits per heavy atom. The van der Waals surface area contributed by atoms with E-state index in [0.717, 1.165) is 41.9 Å². The van der Waals surface area contributed by atoms with E-state index < -0.39 is 0 Å². The number of aryl methyl sites for hydroxylation is 1. The number of likely N-dealkylation sites (tertiary alicyclic amines) is 1. The molecule has 0 radical (unpaired) electrons. The Kier molecular flexibility index (Phi) is 5.25. The van der Waals surface area contributed by atoms with Gasteiger partial charge in [-0.1, -0.05) is 5.16 Å². The van der Waals surface area contributed by atoms with Crippen LogP contribution in [0.3, 0.4) is 0 Å². The van der Waals surface area contributed by atoms with Crippen LogP contribution in [0.25, 0.3) is 0 Å². The number of aliphatic hydroxyl groups is 1. The Labute approximate surface area is 164 Å². The molecule has 2 aliphatic heterocycles. The molecule has 0 saturated carbocycles. The highest BCUT2D eigenvalue weighted by molar-refractivity contribution is 5.94. The minimum absolute atomic E-state index is 0.0616. The van der Waals surface area contributed by atoms with E-state index in [4.69, 9.17) is 14.4 Å². The Morgan fingerprint density at radius 3 is 2.71 bits per heavy atom. The van der Waals surface area contributed by atoms with Gasteiger partial charge in [-0.05, 0) is 33.6 Å². The van der Waals surface area contributed by atoms with Crippen molar-refractivity contribution in [3.63, 3.8) is 0 Å². The van der Waals surface area contributed by atoms with E-state index >= 15 is 0 Å². The molecule has 4 rings (SSSR count). The van der Waals surface area contributed by atoms with Crippen LogP contribution in [0.2, 0.25) is 0 Å². The Morgan fingerprint density at radius 1 is 1.32 bits per heavy atom. The van der Waals surface area contributed by atoms with Crippen molar-refractivity contribution in [1.29, 1.82) is 0 Å². The first kappa shape index (κ1) is 19.1. The van der Waals surface area contributed by atoms with E-state index in [1.54, 1.807) is 0 Å². The number of carbonyl (C=O) groups excluding carboxylic acids is 1. The van der Waals surface area contributed by atoms with Crippen LogP contribution in [-0.2, 0) is 24.3 Å². The summed E-state index contributed by atoms with van der Waals surface area (Å²) >= 11 is 0. The van der Waals surface area contributed by atoms with Gasteiger partial charge in [0.15, 0.2) is 5.76 Å². The van der Waals surface area contributed by atoms with Crippen molar-refractivity contribution in [2.45, 2.75) is 71.3 Å². The minimum Gasteiger partial charge on any atom is -0.388 e. The summed E-state index contributed by atoms with van der Waals surface area (Å²) in [5, 5.41) is 17.9. The van der Waals surface area contributed by atoms with E-state index in [1.807, 2.05) is 36.4 Å². The van der Waals surface area contributed by atoms with E-state index in [9.17, 15) is 4.79 Å². The molecule has 1 saturated heterocycles. The maximum atomic E-state index is 13.4. The van der Waals surface area contributed by atoms with Crippen molar-refractivity contribution in [2.24, 2.45) is 0 Å². The number of fused-ring (bicyclic) bond motifs is 1. The maximum absolute atomic E-state index is 13.4. The summed E-state index contributed by atoms with van der Waals surface area (Å²) in [7, 11) is 0. The average Bonchev–Trinajstić information content (AvgIpc) is 3.32. The highest BCUT2D eigenvalue weighted by Gasteiger charge is 2.35. The molecule has 0 bridgehead atoms. The minimum atomic E-state index is -0.142. The van der Waals surface area contributed by atoms with E-state index in [-0.39, 0.29) is 30.6 Å². The topological polar surface area (TPSA) is 93.6 Å². The summed E-state index contributed by atoms with van der Waals surface area (Å²) in [6.07, 6.45) is 2.39. The van der Waals surface area contributed by atoms with Crippen molar-refractivity contribution >= 4 is 5.91 Å². The number of aromatic nitrogens is 3. The van der Waals surface area contributed by atoms with Gasteiger partial charge < -0.3 is 19.3 Å². The first-order chi connectivity index (χ1) is 13.5. The second-order valence-electron chi connectivity index (χ2n) is 7.76. The smallest absolute Gasteiger partial charge is 0.272 e. The molecular formula is C20H28N4O4. The standard InChI is InChI=1S/C20H28N4O4/c1-4-24-19(16-9-12(2)27-13(3)18(16)21-24)20(26)23-7-5-14(6-8-23)17-10-15(11-25)28-22-17/h10,12-14,25H,4-9,11H2,1-3H3/t12-,13+/m0/s1. The predicted octanol–water partition coefficient (Wildman–Crippen LogP) is 2.43. The zero-order valence-electron chi connectivity index (χ0n) is 16.7. The molecule has 1 amide bonds. The molecule has 2 aromatic heterocycles. The Hall–Kier alpha value is -2.19. The number of carbonyl (C=O) groups is 1. The van der Waals surface area contributed by atoms with Gasteiger partial charge in [0.1, 0.15) is 12.3 Å². The van der Waals surface area contributed by atoms with Crippen molar-refractivity contribution in [3.8, 4) is 0 Å². The van der Waals surface area contributed by atoms with Crippen molar-refractivity contribution < 1.29 is 19.2 Å². The van der Waals surface area contributed by atoms with Gasteiger partial charge in [0.2, 0.25) is 0 Å². The Balaban J connectivity index is 1.51. The number of hydrogen-bond donors (Lipinski definition) is 1. The molecule has 2 aromatic rings. The third-order valence-electron chi connectivity index (χ3n) is 5.83. The molecular weight excluding hydrogens is 360 g/mol. The SMILES string of the molecule is CCn1nc2c(c1C(=O)N1CCC(c3cc(CO)on3)CC1)C[C@H](C)O[C@@H]2C. The molecule has 2 atom stereocenters. The highest BCUT2D eigenvalue weighted by atomic mass is 16.5. The van der Waals surface area contributed by atoms with E-state index in [1.165, 1.54) is 0 Å². The number of rotatable bonds is 4. The summed E-state index contributed by atoms with van der Waals surface area (Å²) in [5.41, 5.74) is 3.54. The van der Waals surface area contributed by atoms with Crippen LogP contribution in [0.1, 0.15) is 78.8 Å². The molecule has 1 fully saturated rings. The lowest BCUT2D eigenvalue weighted by atomic mass is 9.92. The number of amides is 1. The molecule has 4 heterocycles. The van der Waals surface area contributed by atoms with Gasteiger partial charge in [-0.25, -0.2) is 0 Å². The summed E-state index contributed by atoms with van der Waals surface area (Å²) in [4.78, 5) is 15.3. The van der Waals surface area contributed by atoms with Gasteiger partial charge in [0.25, 0.3) is 5.91 Å². The lowest BCUT2D eigenvalue weighted by Crippen LogP contribution is -2.39. The molecule has 2 aliphatic rings. The fourth-order valence-electron chi connectivity index (χ4n) is 4.39. The van der Waals surface area contributed by atoms with Gasteiger partial charge in [0.05, 0.1) is 23.6 Å². The molecule has 8 heteroatoms. The van der Waals surface area contributed by atoms with Crippen LogP contribution in [0.5, 0.6) is 0 Å². The van der Waals surface area contributed by atoms with Gasteiger partial charge in [-0.15, -0.1) is 0 Å². The zero-order valence-corrected chi connectivity index (χ0v) is 16.7. The number of aliphatic hydroxyl groups excluding tert-OH is 1. The lowest BCUT2D eigenvalue weighted by Gasteiger charge is -2.32. The van der Waals surface area contributed by atoms with Gasteiger partial charge in [-0.3, -0.25) is 9.48 Å². The predicted molar refractivity (Wildman–Crippen MR) is 101 cm³/mol. The first-order valence-corrected chi connectivity index (χ1v) is 10.1. The Bertz CT molecular complexity index is 851. The summed E-state index contributed by atoms with van der Waals surface area (Å²) in [6.45, 7) is 7.93. The first-order valence-electron chi connectivity index (χ1n) is 10.1. The van der Waals surface area contributed by atoms with Crippen LogP contribution in [-0.4, -0.2) is 50.0 Å². The molecule has 28 heavy (non-hydrogen) atoms. The largest absolute Gasteiger partial charge is 0.388 e. The van der Waals surface area contributed by atoms with Crippen molar-refractivity contribution in [2.75, 3.05) is 13.1 Å². The number of piperidine rings is 1. The summed E-state index contributed by atoms with van der Waals surface area (Å²) in [5.74, 6) is 0.801. The number of hydrogen-bond acceptors (Lipinski definition) is 6. The van der Waals surface area contributed by atoms with Crippen molar-refractivity contribution in [3.05, 3.63) is 34.5 Å². The third kappa shape index (κ3) is 3.35. The molecule has 0 unspecified atom stereocenters. The molecule has 8 nitrogen and oxygen atoms in total. The van der Waals surface area contributed by atoms with Crippen LogP contribution in [0.4, 0.5) is 0 Å². The molecule has 0 spiro atoms. The van der Waals surface area contributed by atoms with Crippen LogP contribution < -0.4 is 0 Å². The highest BCUT2D eigenvalue weighted by Crippen LogP contribution is 2.33. The monoisotopic (exact) mass is 388 g/mol. The number of nitrogens with zero attached hydrogens (tertiary/aromatic N) is 4. The molecule has 0 aromatic carbocycles. The second kappa shape index (κ2) is 7.67. The van der Waals surface area contributed by atoms with E-state index in [2.05, 4.69) is 10.3 Å².